The third-order valence-corrected chi connectivity index (χ3v) is 3.45. The second-order valence-corrected chi connectivity index (χ2v) is 5.37. The minimum atomic E-state index is -0.911. The number of carbonyl (C=O) groups is 2. The number of carboxylic acid groups (broad SMARTS) is 1. The summed E-state index contributed by atoms with van der Waals surface area (Å²) in [6.45, 7) is 1.73. The van der Waals surface area contributed by atoms with Gasteiger partial charge in [-0.2, -0.15) is 0 Å². The van der Waals surface area contributed by atoms with Crippen LogP contribution in [-0.4, -0.2) is 31.1 Å². The molecule has 0 saturated heterocycles. The van der Waals surface area contributed by atoms with Gasteiger partial charge < -0.3 is 14.6 Å². The molecule has 5 nitrogen and oxygen atoms in total. The topological polar surface area (TPSA) is 72.8 Å². The quantitative estimate of drug-likeness (QED) is 0.769. The maximum atomic E-state index is 12.3. The first-order valence-corrected chi connectivity index (χ1v) is 6.84. The van der Waals surface area contributed by atoms with Gasteiger partial charge in [0.05, 0.1) is 24.3 Å². The Labute approximate surface area is 126 Å². The molecule has 1 rings (SSSR count). The number of benzene rings is 1. The van der Waals surface area contributed by atoms with E-state index >= 15 is 0 Å². The minimum absolute atomic E-state index is 0.0400. The van der Waals surface area contributed by atoms with Crippen molar-refractivity contribution in [3.8, 4) is 11.5 Å². The van der Waals surface area contributed by atoms with Crippen LogP contribution < -0.4 is 9.47 Å². The summed E-state index contributed by atoms with van der Waals surface area (Å²) in [6.07, 6.45) is 0.106. The van der Waals surface area contributed by atoms with Crippen LogP contribution in [0.15, 0.2) is 16.6 Å². The predicted octanol–water partition coefficient (Wildman–Crippen LogP) is 3.15. The smallest absolute Gasteiger partial charge is 0.303 e. The van der Waals surface area contributed by atoms with E-state index in [1.54, 1.807) is 19.1 Å². The zero-order chi connectivity index (χ0) is 15.3. The molecule has 0 radical (unpaired) electrons. The summed E-state index contributed by atoms with van der Waals surface area (Å²) in [6, 6.07) is 3.26. The lowest BCUT2D eigenvalue weighted by molar-refractivity contribution is -0.137. The van der Waals surface area contributed by atoms with Gasteiger partial charge in [0.15, 0.2) is 5.78 Å². The molecular formula is C14H17BrO5. The molecule has 0 fully saturated rings. The number of methoxy groups -OCH3 is 2. The third kappa shape index (κ3) is 4.23. The number of halogens is 1. The first-order chi connectivity index (χ1) is 9.38. The zero-order valence-electron chi connectivity index (χ0n) is 11.6. The normalized spacial score (nSPS) is 11.8. The van der Waals surface area contributed by atoms with E-state index in [1.165, 1.54) is 14.2 Å². The van der Waals surface area contributed by atoms with Crippen molar-refractivity contribution in [3.63, 3.8) is 0 Å². The van der Waals surface area contributed by atoms with E-state index in [2.05, 4.69) is 15.9 Å². The van der Waals surface area contributed by atoms with Gasteiger partial charge in [-0.1, -0.05) is 6.92 Å². The van der Waals surface area contributed by atoms with Crippen molar-refractivity contribution in [2.75, 3.05) is 14.2 Å². The number of aliphatic carboxylic acids is 1. The molecule has 0 heterocycles. The highest BCUT2D eigenvalue weighted by molar-refractivity contribution is 9.10. The fourth-order valence-electron chi connectivity index (χ4n) is 1.88. The van der Waals surface area contributed by atoms with Gasteiger partial charge >= 0.3 is 5.97 Å². The Morgan fingerprint density at radius 2 is 1.80 bits per heavy atom. The van der Waals surface area contributed by atoms with E-state index in [0.717, 1.165) is 0 Å². The summed E-state index contributed by atoms with van der Waals surface area (Å²) in [7, 11) is 2.99. The average molecular weight is 345 g/mol. The monoisotopic (exact) mass is 344 g/mol. The van der Waals surface area contributed by atoms with E-state index in [9.17, 15) is 9.59 Å². The van der Waals surface area contributed by atoms with Gasteiger partial charge in [0, 0.05) is 12.8 Å². The molecule has 0 bridgehead atoms. The SMILES string of the molecule is COc1cc(C(=O)CC(C)CC(=O)O)c(OC)cc1Br. The van der Waals surface area contributed by atoms with Gasteiger partial charge in [-0.3, -0.25) is 9.59 Å². The number of ketones is 1. The first-order valence-electron chi connectivity index (χ1n) is 6.05. The van der Waals surface area contributed by atoms with Gasteiger partial charge in [-0.25, -0.2) is 0 Å². The number of rotatable bonds is 7. The van der Waals surface area contributed by atoms with Crippen molar-refractivity contribution in [3.05, 3.63) is 22.2 Å². The van der Waals surface area contributed by atoms with E-state index in [-0.39, 0.29) is 24.5 Å². The standard InChI is InChI=1S/C14H17BrO5/c1-8(5-14(17)18)4-11(16)9-6-13(20-3)10(15)7-12(9)19-2/h6-8H,4-5H2,1-3H3,(H,17,18). The molecule has 0 amide bonds. The van der Waals surface area contributed by atoms with Crippen LogP contribution in [0.1, 0.15) is 30.1 Å². The van der Waals surface area contributed by atoms with E-state index in [0.29, 0.717) is 21.5 Å². The Morgan fingerprint density at radius 3 is 2.30 bits per heavy atom. The van der Waals surface area contributed by atoms with E-state index < -0.39 is 5.97 Å². The maximum Gasteiger partial charge on any atom is 0.303 e. The predicted molar refractivity (Wildman–Crippen MR) is 77.6 cm³/mol. The molecule has 0 saturated carbocycles. The molecule has 0 aliphatic heterocycles. The van der Waals surface area contributed by atoms with Gasteiger partial charge in [0.25, 0.3) is 0 Å². The summed E-state index contributed by atoms with van der Waals surface area (Å²) >= 11 is 3.32. The largest absolute Gasteiger partial charge is 0.496 e. The number of hydrogen-bond donors (Lipinski definition) is 1. The lowest BCUT2D eigenvalue weighted by Crippen LogP contribution is -2.11. The lowest BCUT2D eigenvalue weighted by Gasteiger charge is -2.13. The molecule has 110 valence electrons. The van der Waals surface area contributed by atoms with Crippen LogP contribution in [0.2, 0.25) is 0 Å². The fraction of sp³-hybridized carbons (Fsp3) is 0.429. The lowest BCUT2D eigenvalue weighted by atomic mass is 9.96. The Kier molecular flexibility index (Phi) is 6.01. The molecule has 1 aromatic rings. The van der Waals surface area contributed by atoms with Crippen LogP contribution in [0.25, 0.3) is 0 Å². The Morgan fingerprint density at radius 1 is 1.20 bits per heavy atom. The zero-order valence-corrected chi connectivity index (χ0v) is 13.2. The second kappa shape index (κ2) is 7.28. The molecule has 0 aromatic heterocycles. The highest BCUT2D eigenvalue weighted by Crippen LogP contribution is 2.33. The van der Waals surface area contributed by atoms with Crippen LogP contribution in [0, 0.1) is 5.92 Å². The van der Waals surface area contributed by atoms with Crippen molar-refractivity contribution in [1.29, 1.82) is 0 Å². The van der Waals surface area contributed by atoms with Crippen molar-refractivity contribution >= 4 is 27.7 Å². The van der Waals surface area contributed by atoms with Crippen LogP contribution in [-0.2, 0) is 4.79 Å². The van der Waals surface area contributed by atoms with E-state index in [4.69, 9.17) is 14.6 Å². The summed E-state index contributed by atoms with van der Waals surface area (Å²) in [5.74, 6) is -0.350. The van der Waals surface area contributed by atoms with Crippen molar-refractivity contribution in [2.24, 2.45) is 5.92 Å². The summed E-state index contributed by atoms with van der Waals surface area (Å²) in [4.78, 5) is 22.9. The number of Topliss-reactive ketones (excluding diaryl/α,β-unsaturated/α-hetero) is 1. The van der Waals surface area contributed by atoms with Crippen molar-refractivity contribution in [2.45, 2.75) is 19.8 Å². The fourth-order valence-corrected chi connectivity index (χ4v) is 2.36. The Hall–Kier alpha value is -1.56. The number of ether oxygens (including phenoxy) is 2. The molecule has 1 unspecified atom stereocenters. The Bertz CT molecular complexity index is 513. The van der Waals surface area contributed by atoms with Crippen LogP contribution in [0.4, 0.5) is 0 Å². The minimum Gasteiger partial charge on any atom is -0.496 e. The number of hydrogen-bond acceptors (Lipinski definition) is 4. The molecule has 1 aromatic carbocycles. The van der Waals surface area contributed by atoms with Crippen LogP contribution >= 0.6 is 15.9 Å². The highest BCUT2D eigenvalue weighted by Gasteiger charge is 2.19. The molecule has 20 heavy (non-hydrogen) atoms. The van der Waals surface area contributed by atoms with Crippen LogP contribution in [0.5, 0.6) is 11.5 Å². The number of carbonyl (C=O) groups excluding carboxylic acids is 1. The van der Waals surface area contributed by atoms with E-state index in [1.807, 2.05) is 0 Å². The van der Waals surface area contributed by atoms with Crippen molar-refractivity contribution in [1.82, 2.24) is 0 Å². The summed E-state index contributed by atoms with van der Waals surface area (Å²) < 4.78 is 11.0. The van der Waals surface area contributed by atoms with Gasteiger partial charge in [-0.15, -0.1) is 0 Å². The maximum absolute atomic E-state index is 12.3. The molecule has 0 aliphatic carbocycles. The molecule has 1 atom stereocenters. The molecule has 0 aliphatic rings. The molecule has 6 heteroatoms. The van der Waals surface area contributed by atoms with Gasteiger partial charge in [0.2, 0.25) is 0 Å². The average Bonchev–Trinajstić information content (AvgIpc) is 2.36. The first kappa shape index (κ1) is 16.5. The third-order valence-electron chi connectivity index (χ3n) is 2.83. The van der Waals surface area contributed by atoms with Gasteiger partial charge in [-0.05, 0) is 34.0 Å². The molecule has 0 spiro atoms. The highest BCUT2D eigenvalue weighted by atomic mass is 79.9. The van der Waals surface area contributed by atoms with Gasteiger partial charge in [0.1, 0.15) is 11.5 Å². The molecular weight excluding hydrogens is 328 g/mol. The van der Waals surface area contributed by atoms with Crippen LogP contribution in [0.3, 0.4) is 0 Å². The molecule has 1 N–H and O–H groups in total. The number of carboxylic acids is 1. The second-order valence-electron chi connectivity index (χ2n) is 4.52. The summed E-state index contributed by atoms with van der Waals surface area (Å²) in [5, 5.41) is 8.72. The Balaban J connectivity index is 2.99. The summed E-state index contributed by atoms with van der Waals surface area (Å²) in [5.41, 5.74) is 0.393. The van der Waals surface area contributed by atoms with Crippen molar-refractivity contribution < 1.29 is 24.2 Å².